The lowest BCUT2D eigenvalue weighted by atomic mass is 10.1. The summed E-state index contributed by atoms with van der Waals surface area (Å²) in [7, 11) is 0. The van der Waals surface area contributed by atoms with Crippen LogP contribution in [0.1, 0.15) is 11.1 Å². The first-order chi connectivity index (χ1) is 20.7. The number of aromatic nitrogens is 2. The fraction of sp³-hybridized carbons (Fsp3) is 0.0500. The highest BCUT2D eigenvalue weighted by Crippen LogP contribution is 2.41. The van der Waals surface area contributed by atoms with Gasteiger partial charge in [-0.3, -0.25) is 0 Å². The van der Waals surface area contributed by atoms with E-state index in [1.807, 2.05) is 0 Å². The van der Waals surface area contributed by atoms with Crippen molar-refractivity contribution >= 4 is 65.2 Å². The van der Waals surface area contributed by atoms with E-state index in [0.717, 1.165) is 0 Å². The number of nitrogens with zero attached hydrogens (tertiary/aromatic N) is 2. The lowest BCUT2D eigenvalue weighted by molar-refractivity contribution is 1.19. The van der Waals surface area contributed by atoms with E-state index in [1.165, 1.54) is 87.7 Å². The third-order valence-corrected chi connectivity index (χ3v) is 8.98. The van der Waals surface area contributed by atoms with Crippen LogP contribution in [0.4, 0.5) is 0 Å². The molecule has 7 aromatic carbocycles. The first-order valence-corrected chi connectivity index (χ1v) is 14.6. The van der Waals surface area contributed by atoms with Crippen LogP contribution in [0.5, 0.6) is 0 Å². The average Bonchev–Trinajstić information content (AvgIpc) is 3.50. The topological polar surface area (TPSA) is 9.86 Å². The van der Waals surface area contributed by atoms with E-state index in [4.69, 9.17) is 0 Å². The largest absolute Gasteiger partial charge is 0.309 e. The van der Waals surface area contributed by atoms with E-state index in [9.17, 15) is 0 Å². The summed E-state index contributed by atoms with van der Waals surface area (Å²) in [5.41, 5.74) is 9.90. The van der Waals surface area contributed by atoms with Crippen molar-refractivity contribution in [3.63, 3.8) is 0 Å². The van der Waals surface area contributed by atoms with Crippen molar-refractivity contribution in [2.45, 2.75) is 13.8 Å². The summed E-state index contributed by atoms with van der Waals surface area (Å²) in [6.45, 7) is 4.38. The summed E-state index contributed by atoms with van der Waals surface area (Å²) >= 11 is 0. The van der Waals surface area contributed by atoms with E-state index in [0.29, 0.717) is 0 Å². The summed E-state index contributed by atoms with van der Waals surface area (Å²) in [6.07, 6.45) is 0. The molecule has 198 valence electrons. The third kappa shape index (κ3) is 3.21. The Morgan fingerprint density at radius 2 is 0.738 bits per heavy atom. The zero-order valence-corrected chi connectivity index (χ0v) is 23.6. The fourth-order valence-electron chi connectivity index (χ4n) is 7.08. The minimum absolute atomic E-state index is 1.21. The molecule has 42 heavy (non-hydrogen) atoms. The Labute approximate surface area is 243 Å². The van der Waals surface area contributed by atoms with Gasteiger partial charge in [0.1, 0.15) is 0 Å². The van der Waals surface area contributed by atoms with E-state index < -0.39 is 0 Å². The van der Waals surface area contributed by atoms with Crippen LogP contribution in [0, 0.1) is 13.8 Å². The Kier molecular flexibility index (Phi) is 4.77. The van der Waals surface area contributed by atoms with Crippen LogP contribution in [0.3, 0.4) is 0 Å². The fourth-order valence-corrected chi connectivity index (χ4v) is 7.08. The van der Waals surface area contributed by atoms with Crippen LogP contribution in [0.2, 0.25) is 0 Å². The molecule has 0 saturated heterocycles. The monoisotopic (exact) mass is 536 g/mol. The predicted molar refractivity (Wildman–Crippen MR) is 180 cm³/mol. The maximum absolute atomic E-state index is 2.47. The van der Waals surface area contributed by atoms with E-state index in [1.54, 1.807) is 0 Å². The Bertz CT molecular complexity index is 2350. The normalized spacial score (nSPS) is 12.0. The molecule has 0 radical (unpaired) electrons. The van der Waals surface area contributed by atoms with Crippen molar-refractivity contribution in [2.24, 2.45) is 0 Å². The molecular formula is C40H28N2. The van der Waals surface area contributed by atoms with E-state index in [-0.39, 0.29) is 0 Å². The highest BCUT2D eigenvalue weighted by Gasteiger charge is 2.20. The van der Waals surface area contributed by atoms with Crippen molar-refractivity contribution < 1.29 is 0 Å². The maximum Gasteiger partial charge on any atom is 0.0549 e. The maximum atomic E-state index is 2.47. The summed E-state index contributed by atoms with van der Waals surface area (Å²) < 4.78 is 4.95. The first-order valence-electron chi connectivity index (χ1n) is 14.6. The minimum atomic E-state index is 1.21. The number of benzene rings is 7. The molecule has 0 atom stereocenters. The zero-order chi connectivity index (χ0) is 27.9. The Hall–Kier alpha value is -5.34. The summed E-state index contributed by atoms with van der Waals surface area (Å²) in [5.74, 6) is 0. The molecule has 0 aliphatic heterocycles. The Balaban J connectivity index is 1.49. The molecule has 2 heteroatoms. The summed E-state index contributed by atoms with van der Waals surface area (Å²) in [6, 6.07) is 49.3. The summed E-state index contributed by atoms with van der Waals surface area (Å²) in [5, 5.41) is 10.1. The second kappa shape index (κ2) is 8.58. The van der Waals surface area contributed by atoms with Gasteiger partial charge in [-0.25, -0.2) is 0 Å². The van der Waals surface area contributed by atoms with Crippen molar-refractivity contribution in [1.29, 1.82) is 0 Å². The SMILES string of the molecule is Cc1ccc2c(c1)c1cc3c(cc1n2-c1cccc2ccccc12)c1cc(C)ccc1n3-c1cccc2ccccc12. The average molecular weight is 537 g/mol. The van der Waals surface area contributed by atoms with Gasteiger partial charge >= 0.3 is 0 Å². The summed E-state index contributed by atoms with van der Waals surface area (Å²) in [4.78, 5) is 0. The van der Waals surface area contributed by atoms with E-state index >= 15 is 0 Å². The van der Waals surface area contributed by atoms with Gasteiger partial charge in [-0.15, -0.1) is 0 Å². The van der Waals surface area contributed by atoms with Gasteiger partial charge in [0.25, 0.3) is 0 Å². The lowest BCUT2D eigenvalue weighted by Crippen LogP contribution is -1.96. The minimum Gasteiger partial charge on any atom is -0.309 e. The molecule has 0 unspecified atom stereocenters. The van der Waals surface area contributed by atoms with Gasteiger partial charge in [0.05, 0.1) is 33.4 Å². The Morgan fingerprint density at radius 1 is 0.333 bits per heavy atom. The standard InChI is InChI=1S/C40H28N2/c1-25-17-19-37-31(21-25)33-23-40-34(24-39(33)41(37)35-15-7-11-27-9-3-5-13-29(27)35)32-22-26(2)18-20-38(32)42(40)36-16-8-12-28-10-4-6-14-30(28)36/h3-24H,1-2H3. The first kappa shape index (κ1) is 23.4. The van der Waals surface area contributed by atoms with Crippen LogP contribution in [-0.4, -0.2) is 9.13 Å². The second-order valence-corrected chi connectivity index (χ2v) is 11.6. The van der Waals surface area contributed by atoms with Gasteiger partial charge in [-0.1, -0.05) is 96.1 Å². The van der Waals surface area contributed by atoms with Crippen molar-refractivity contribution in [3.05, 3.63) is 145 Å². The van der Waals surface area contributed by atoms with Crippen molar-refractivity contribution in [2.75, 3.05) is 0 Å². The molecule has 2 heterocycles. The number of hydrogen-bond acceptors (Lipinski definition) is 0. The molecule has 2 aromatic heterocycles. The van der Waals surface area contributed by atoms with Gasteiger partial charge in [0.15, 0.2) is 0 Å². The molecule has 0 N–H and O–H groups in total. The number of hydrogen-bond donors (Lipinski definition) is 0. The molecule has 0 bridgehead atoms. The van der Waals surface area contributed by atoms with Crippen LogP contribution in [-0.2, 0) is 0 Å². The highest BCUT2D eigenvalue weighted by molar-refractivity contribution is 6.20. The number of fused-ring (bicyclic) bond motifs is 8. The van der Waals surface area contributed by atoms with Gasteiger partial charge in [0, 0.05) is 32.3 Å². The number of aryl methyl sites for hydroxylation is 2. The molecule has 0 spiro atoms. The van der Waals surface area contributed by atoms with Gasteiger partial charge in [0.2, 0.25) is 0 Å². The van der Waals surface area contributed by atoms with Crippen molar-refractivity contribution in [3.8, 4) is 11.4 Å². The molecule has 0 aliphatic rings. The van der Waals surface area contributed by atoms with Crippen LogP contribution in [0.25, 0.3) is 76.5 Å². The van der Waals surface area contributed by atoms with Crippen LogP contribution >= 0.6 is 0 Å². The van der Waals surface area contributed by atoms with Gasteiger partial charge in [-0.2, -0.15) is 0 Å². The van der Waals surface area contributed by atoms with Crippen LogP contribution in [0.15, 0.2) is 133 Å². The zero-order valence-electron chi connectivity index (χ0n) is 23.6. The smallest absolute Gasteiger partial charge is 0.0549 e. The Morgan fingerprint density at radius 3 is 1.21 bits per heavy atom. The molecular weight excluding hydrogens is 508 g/mol. The third-order valence-electron chi connectivity index (χ3n) is 8.98. The molecule has 9 aromatic rings. The predicted octanol–water partition coefficient (Wildman–Crippen LogP) is 10.8. The van der Waals surface area contributed by atoms with Gasteiger partial charge in [-0.05, 0) is 73.2 Å². The molecule has 0 fully saturated rings. The van der Waals surface area contributed by atoms with Gasteiger partial charge < -0.3 is 9.13 Å². The molecule has 0 aliphatic carbocycles. The molecule has 0 saturated carbocycles. The number of rotatable bonds is 2. The highest BCUT2D eigenvalue weighted by atomic mass is 15.0. The second-order valence-electron chi connectivity index (χ2n) is 11.6. The van der Waals surface area contributed by atoms with Crippen LogP contribution < -0.4 is 0 Å². The van der Waals surface area contributed by atoms with E-state index in [2.05, 4.69) is 156 Å². The van der Waals surface area contributed by atoms with Crippen molar-refractivity contribution in [1.82, 2.24) is 9.13 Å². The quantitative estimate of drug-likeness (QED) is 0.208. The molecule has 2 nitrogen and oxygen atoms in total. The molecule has 0 amide bonds. The lowest BCUT2D eigenvalue weighted by Gasteiger charge is -2.13. The molecule has 9 rings (SSSR count).